The van der Waals surface area contributed by atoms with Gasteiger partial charge in [0.05, 0.1) is 0 Å². The first-order chi connectivity index (χ1) is 4.16. The van der Waals surface area contributed by atoms with Crippen molar-refractivity contribution in [3.05, 3.63) is 0 Å². The van der Waals surface area contributed by atoms with Crippen molar-refractivity contribution < 1.29 is 4.79 Å². The highest BCUT2D eigenvalue weighted by atomic mass is 16.2. The van der Waals surface area contributed by atoms with Crippen molar-refractivity contribution in [3.8, 4) is 0 Å². The molecular weight excluding hydrogens is 122 g/mol. The third-order valence-electron chi connectivity index (χ3n) is 0.555. The van der Waals surface area contributed by atoms with Crippen LogP contribution in [0.25, 0.3) is 0 Å². The molecule has 0 aliphatic carbocycles. The van der Waals surface area contributed by atoms with Gasteiger partial charge >= 0.3 is 6.03 Å². The summed E-state index contributed by atoms with van der Waals surface area (Å²) >= 11 is 0. The number of hydrogen-bond donors (Lipinski definition) is 4. The molecule has 0 aliphatic rings. The van der Waals surface area contributed by atoms with Gasteiger partial charge in [0.25, 0.3) is 0 Å². The summed E-state index contributed by atoms with van der Waals surface area (Å²) in [6.07, 6.45) is 0. The van der Waals surface area contributed by atoms with Gasteiger partial charge in [-0.2, -0.15) is 0 Å². The summed E-state index contributed by atoms with van der Waals surface area (Å²) < 4.78 is 0. The Morgan fingerprint density at radius 3 is 2.33 bits per heavy atom. The number of nitrogens with zero attached hydrogens (tertiary/aromatic N) is 1. The molecule has 0 aromatic rings. The number of carbonyl (C=O) groups excluding carboxylic acids is 1. The van der Waals surface area contributed by atoms with Crippen LogP contribution in [0, 0.1) is 0 Å². The van der Waals surface area contributed by atoms with E-state index in [4.69, 9.17) is 5.73 Å². The molecule has 0 saturated heterocycles. The maximum absolute atomic E-state index is 9.96. The summed E-state index contributed by atoms with van der Waals surface area (Å²) in [5.41, 5.74) is 14.0. The Morgan fingerprint density at radius 1 is 1.44 bits per heavy atom. The van der Waals surface area contributed by atoms with Crippen molar-refractivity contribution in [1.82, 2.24) is 10.9 Å². The molecule has 0 aromatic carbocycles. The predicted molar refractivity (Wildman–Crippen MR) is 33.4 cm³/mol. The molecule has 6 N–H and O–H groups in total. The van der Waals surface area contributed by atoms with Crippen molar-refractivity contribution >= 4 is 12.0 Å². The van der Waals surface area contributed by atoms with Crippen LogP contribution < -0.4 is 22.3 Å². The number of guanidine groups is 1. The van der Waals surface area contributed by atoms with E-state index in [9.17, 15) is 4.79 Å². The van der Waals surface area contributed by atoms with Crippen molar-refractivity contribution in [2.75, 3.05) is 7.05 Å². The van der Waals surface area contributed by atoms with Gasteiger partial charge in [0, 0.05) is 7.05 Å². The van der Waals surface area contributed by atoms with Gasteiger partial charge in [0.15, 0.2) is 0 Å². The minimum Gasteiger partial charge on any atom is -0.369 e. The van der Waals surface area contributed by atoms with Crippen molar-refractivity contribution in [2.24, 2.45) is 16.5 Å². The molecule has 0 unspecified atom stereocenters. The van der Waals surface area contributed by atoms with Crippen LogP contribution in [0.3, 0.4) is 0 Å². The molecule has 0 fully saturated rings. The highest BCUT2D eigenvalue weighted by Gasteiger charge is 1.88. The standard InChI is InChI=1S/C3H9N5O/c1-6-2(4)7-8-3(5)9/h1H3,(H3,4,6,7)(H3,5,8,9). The zero-order valence-electron chi connectivity index (χ0n) is 5.01. The Morgan fingerprint density at radius 2 is 2.00 bits per heavy atom. The lowest BCUT2D eigenvalue weighted by Crippen LogP contribution is -2.47. The van der Waals surface area contributed by atoms with Crippen molar-refractivity contribution in [3.63, 3.8) is 0 Å². The van der Waals surface area contributed by atoms with Gasteiger partial charge in [-0.05, 0) is 0 Å². The van der Waals surface area contributed by atoms with Gasteiger partial charge < -0.3 is 11.5 Å². The maximum Gasteiger partial charge on any atom is 0.330 e. The number of nitrogens with one attached hydrogen (secondary N) is 2. The SMILES string of the molecule is CN=C(N)NNC(N)=O. The monoisotopic (exact) mass is 131 g/mol. The summed E-state index contributed by atoms with van der Waals surface area (Å²) in [5.74, 6) is 0.105. The molecule has 0 heterocycles. The average Bonchev–Trinajstić information content (AvgIpc) is 1.83. The lowest BCUT2D eigenvalue weighted by Gasteiger charge is -2.01. The molecule has 0 saturated carbocycles. The molecule has 0 atom stereocenters. The largest absolute Gasteiger partial charge is 0.369 e. The lowest BCUT2D eigenvalue weighted by molar-refractivity contribution is 0.247. The van der Waals surface area contributed by atoms with Crippen LogP contribution in [0.4, 0.5) is 4.79 Å². The number of urea groups is 1. The fraction of sp³-hybridized carbons (Fsp3) is 0.333. The zero-order chi connectivity index (χ0) is 7.28. The van der Waals surface area contributed by atoms with E-state index in [1.54, 1.807) is 0 Å². The van der Waals surface area contributed by atoms with Gasteiger partial charge in [-0.1, -0.05) is 0 Å². The number of primary amides is 1. The van der Waals surface area contributed by atoms with Crippen LogP contribution >= 0.6 is 0 Å². The van der Waals surface area contributed by atoms with Gasteiger partial charge in [-0.25, -0.2) is 10.2 Å². The van der Waals surface area contributed by atoms with Gasteiger partial charge in [-0.15, -0.1) is 0 Å². The van der Waals surface area contributed by atoms with Crippen molar-refractivity contribution in [2.45, 2.75) is 0 Å². The summed E-state index contributed by atoms with van der Waals surface area (Å²) in [5, 5.41) is 0. The molecule has 2 amide bonds. The Balaban J connectivity index is 3.39. The zero-order valence-corrected chi connectivity index (χ0v) is 5.01. The number of carbonyl (C=O) groups is 1. The Hall–Kier alpha value is -1.46. The van der Waals surface area contributed by atoms with Crippen LogP contribution in [0.2, 0.25) is 0 Å². The first-order valence-electron chi connectivity index (χ1n) is 2.20. The molecule has 0 aromatic heterocycles. The lowest BCUT2D eigenvalue weighted by atomic mass is 11.0. The molecule has 6 heteroatoms. The molecule has 0 radical (unpaired) electrons. The second kappa shape index (κ2) is 3.53. The predicted octanol–water partition coefficient (Wildman–Crippen LogP) is -1.90. The minimum absolute atomic E-state index is 0.105. The molecule has 52 valence electrons. The fourth-order valence-electron chi connectivity index (χ4n) is 0.182. The number of nitrogens with two attached hydrogens (primary N) is 2. The van der Waals surface area contributed by atoms with E-state index >= 15 is 0 Å². The minimum atomic E-state index is -0.707. The number of rotatable bonds is 0. The molecule has 6 nitrogen and oxygen atoms in total. The highest BCUT2D eigenvalue weighted by Crippen LogP contribution is 1.52. The van der Waals surface area contributed by atoms with Crippen LogP contribution in [0.1, 0.15) is 0 Å². The van der Waals surface area contributed by atoms with E-state index in [-0.39, 0.29) is 5.96 Å². The quantitative estimate of drug-likeness (QED) is 0.175. The fourth-order valence-corrected chi connectivity index (χ4v) is 0.182. The summed E-state index contributed by atoms with van der Waals surface area (Å²) in [7, 11) is 1.48. The molecule has 0 aliphatic heterocycles. The number of amides is 2. The van der Waals surface area contributed by atoms with Gasteiger partial charge in [-0.3, -0.25) is 10.4 Å². The molecule has 9 heavy (non-hydrogen) atoms. The number of aliphatic imine (C=N–C) groups is 1. The second-order valence-corrected chi connectivity index (χ2v) is 1.22. The van der Waals surface area contributed by atoms with E-state index in [1.807, 2.05) is 5.43 Å². The maximum atomic E-state index is 9.96. The molecular formula is C3H9N5O. The number of hydrogen-bond acceptors (Lipinski definition) is 2. The van der Waals surface area contributed by atoms with Gasteiger partial charge in [0.1, 0.15) is 0 Å². The van der Waals surface area contributed by atoms with Crippen LogP contribution in [0.5, 0.6) is 0 Å². The summed E-state index contributed by atoms with van der Waals surface area (Å²) in [6.45, 7) is 0. The molecule has 0 rings (SSSR count). The Kier molecular flexibility index (Phi) is 2.96. The van der Waals surface area contributed by atoms with E-state index in [0.29, 0.717) is 0 Å². The molecule has 0 bridgehead atoms. The number of hydrazine groups is 1. The summed E-state index contributed by atoms with van der Waals surface area (Å²) in [6, 6.07) is -0.707. The normalized spacial score (nSPS) is 10.6. The van der Waals surface area contributed by atoms with Crippen LogP contribution in [-0.2, 0) is 0 Å². The van der Waals surface area contributed by atoms with Gasteiger partial charge in [0.2, 0.25) is 5.96 Å². The third kappa shape index (κ3) is 4.39. The van der Waals surface area contributed by atoms with E-state index in [0.717, 1.165) is 0 Å². The highest BCUT2D eigenvalue weighted by molar-refractivity contribution is 5.81. The molecule has 0 spiro atoms. The Bertz CT molecular complexity index is 130. The van der Waals surface area contributed by atoms with Crippen molar-refractivity contribution in [1.29, 1.82) is 0 Å². The van der Waals surface area contributed by atoms with E-state index in [1.165, 1.54) is 7.05 Å². The van der Waals surface area contributed by atoms with Crippen LogP contribution in [-0.4, -0.2) is 19.0 Å². The summed E-state index contributed by atoms with van der Waals surface area (Å²) in [4.78, 5) is 13.4. The average molecular weight is 131 g/mol. The van der Waals surface area contributed by atoms with E-state index < -0.39 is 6.03 Å². The smallest absolute Gasteiger partial charge is 0.330 e. The first kappa shape index (κ1) is 7.54. The van der Waals surface area contributed by atoms with Crippen LogP contribution in [0.15, 0.2) is 4.99 Å². The topological polar surface area (TPSA) is 106 Å². The first-order valence-corrected chi connectivity index (χ1v) is 2.20. The Labute approximate surface area is 52.3 Å². The third-order valence-corrected chi connectivity index (χ3v) is 0.555. The second-order valence-electron chi connectivity index (χ2n) is 1.22. The van der Waals surface area contributed by atoms with E-state index in [2.05, 4.69) is 16.2 Å².